The van der Waals surface area contributed by atoms with Crippen LogP contribution in [0.5, 0.6) is 0 Å². The Bertz CT molecular complexity index is 2370. The van der Waals surface area contributed by atoms with E-state index in [0.717, 1.165) is 5.69 Å². The minimum atomic E-state index is 0.00106. The van der Waals surface area contributed by atoms with E-state index in [9.17, 15) is 0 Å². The molecule has 7 aromatic carbocycles. The average molecular weight is 588 g/mol. The molecule has 0 unspecified atom stereocenters. The van der Waals surface area contributed by atoms with Crippen LogP contribution in [0.1, 0.15) is 25.0 Å². The Labute approximate surface area is 270 Å². The molecule has 218 valence electrons. The molecular weight excluding hydrogens is 555 g/mol. The number of hydrogen-bond acceptors (Lipinski definition) is 0. The lowest BCUT2D eigenvalue weighted by Gasteiger charge is -2.21. The maximum Gasteiger partial charge on any atom is 0.0547 e. The molecule has 1 aliphatic rings. The monoisotopic (exact) mass is 587 g/mol. The van der Waals surface area contributed by atoms with Gasteiger partial charge in [-0.1, -0.05) is 141 Å². The van der Waals surface area contributed by atoms with Gasteiger partial charge in [0.1, 0.15) is 0 Å². The summed E-state index contributed by atoms with van der Waals surface area (Å²) in [6.07, 6.45) is 0. The van der Waals surface area contributed by atoms with Crippen molar-refractivity contribution in [3.8, 4) is 50.2 Å². The second-order valence-corrected chi connectivity index (χ2v) is 13.0. The number of rotatable bonds is 4. The first-order chi connectivity index (χ1) is 22.6. The van der Waals surface area contributed by atoms with Crippen LogP contribution in [0, 0.1) is 0 Å². The minimum Gasteiger partial charge on any atom is -0.309 e. The van der Waals surface area contributed by atoms with Crippen LogP contribution < -0.4 is 0 Å². The molecule has 0 aliphatic heterocycles. The predicted molar refractivity (Wildman–Crippen MR) is 195 cm³/mol. The van der Waals surface area contributed by atoms with E-state index < -0.39 is 0 Å². The van der Waals surface area contributed by atoms with Crippen LogP contribution in [0.25, 0.3) is 72.0 Å². The molecule has 0 spiro atoms. The summed E-state index contributed by atoms with van der Waals surface area (Å²) in [7, 11) is 0. The van der Waals surface area contributed by atoms with Gasteiger partial charge in [-0.25, -0.2) is 0 Å². The third-order valence-corrected chi connectivity index (χ3v) is 9.98. The lowest BCUT2D eigenvalue weighted by atomic mass is 9.82. The Morgan fingerprint density at radius 1 is 0.370 bits per heavy atom. The van der Waals surface area contributed by atoms with Crippen LogP contribution in [0.3, 0.4) is 0 Å². The second kappa shape index (κ2) is 10.2. The molecule has 1 heterocycles. The molecule has 1 aromatic heterocycles. The third-order valence-electron chi connectivity index (χ3n) is 9.98. The Balaban J connectivity index is 1.28. The van der Waals surface area contributed by atoms with E-state index in [2.05, 4.69) is 182 Å². The van der Waals surface area contributed by atoms with E-state index in [4.69, 9.17) is 0 Å². The van der Waals surface area contributed by atoms with Gasteiger partial charge in [0, 0.05) is 21.9 Å². The fourth-order valence-electron chi connectivity index (χ4n) is 7.66. The molecule has 0 amide bonds. The zero-order valence-corrected chi connectivity index (χ0v) is 26.0. The maximum atomic E-state index is 2.46. The molecule has 0 saturated carbocycles. The quantitative estimate of drug-likeness (QED) is 0.193. The van der Waals surface area contributed by atoms with Crippen molar-refractivity contribution >= 4 is 21.8 Å². The maximum absolute atomic E-state index is 2.46. The molecule has 0 saturated heterocycles. The summed E-state index contributed by atoms with van der Waals surface area (Å²) in [4.78, 5) is 0. The molecule has 0 radical (unpaired) electrons. The Morgan fingerprint density at radius 3 is 1.67 bits per heavy atom. The summed E-state index contributed by atoms with van der Waals surface area (Å²) in [5.74, 6) is 0. The molecule has 0 atom stereocenters. The van der Waals surface area contributed by atoms with Gasteiger partial charge in [-0.05, 0) is 92.0 Å². The van der Waals surface area contributed by atoms with Gasteiger partial charge in [-0.2, -0.15) is 0 Å². The second-order valence-electron chi connectivity index (χ2n) is 13.0. The zero-order chi connectivity index (χ0) is 30.8. The van der Waals surface area contributed by atoms with Gasteiger partial charge < -0.3 is 4.57 Å². The van der Waals surface area contributed by atoms with E-state index in [1.54, 1.807) is 0 Å². The Morgan fingerprint density at radius 2 is 0.935 bits per heavy atom. The Kier molecular flexibility index (Phi) is 5.92. The van der Waals surface area contributed by atoms with Crippen molar-refractivity contribution in [2.24, 2.45) is 0 Å². The summed E-state index contributed by atoms with van der Waals surface area (Å²) in [5, 5.41) is 2.53. The van der Waals surface area contributed by atoms with Crippen molar-refractivity contribution in [1.82, 2.24) is 4.57 Å². The topological polar surface area (TPSA) is 4.93 Å². The summed E-state index contributed by atoms with van der Waals surface area (Å²) >= 11 is 0. The summed E-state index contributed by atoms with van der Waals surface area (Å²) in [6, 6.07) is 60.2. The molecule has 0 N–H and O–H groups in total. The lowest BCUT2D eigenvalue weighted by Crippen LogP contribution is -2.14. The van der Waals surface area contributed by atoms with Gasteiger partial charge >= 0.3 is 0 Å². The van der Waals surface area contributed by atoms with Crippen LogP contribution in [-0.2, 0) is 5.41 Å². The van der Waals surface area contributed by atoms with Gasteiger partial charge in [0.25, 0.3) is 0 Å². The molecule has 0 bridgehead atoms. The number of hydrogen-bond donors (Lipinski definition) is 0. The van der Waals surface area contributed by atoms with E-state index >= 15 is 0 Å². The number of aromatic nitrogens is 1. The number of fused-ring (bicyclic) bond motifs is 6. The smallest absolute Gasteiger partial charge is 0.0547 e. The third kappa shape index (κ3) is 4.09. The van der Waals surface area contributed by atoms with E-state index in [1.165, 1.54) is 77.4 Å². The highest BCUT2D eigenvalue weighted by Gasteiger charge is 2.35. The largest absolute Gasteiger partial charge is 0.309 e. The average Bonchev–Trinajstić information content (AvgIpc) is 3.57. The van der Waals surface area contributed by atoms with E-state index in [0.29, 0.717) is 0 Å². The highest BCUT2D eigenvalue weighted by atomic mass is 15.0. The van der Waals surface area contributed by atoms with Crippen molar-refractivity contribution in [2.45, 2.75) is 19.3 Å². The van der Waals surface area contributed by atoms with Crippen molar-refractivity contribution < 1.29 is 0 Å². The van der Waals surface area contributed by atoms with E-state index in [-0.39, 0.29) is 5.41 Å². The highest BCUT2D eigenvalue weighted by Crippen LogP contribution is 2.49. The first kappa shape index (κ1) is 26.7. The lowest BCUT2D eigenvalue weighted by molar-refractivity contribution is 0.660. The van der Waals surface area contributed by atoms with Crippen molar-refractivity contribution in [3.63, 3.8) is 0 Å². The van der Waals surface area contributed by atoms with Crippen molar-refractivity contribution in [3.05, 3.63) is 175 Å². The fourth-order valence-corrected chi connectivity index (χ4v) is 7.66. The SMILES string of the molecule is CC1(C)c2ccccc2-c2cc(-c3ccc4c5ccccc5n(-c5cc(-c6ccccc6)cc(-c6ccccc6)c5)c4c3)ccc21. The molecule has 46 heavy (non-hydrogen) atoms. The molecule has 8 aromatic rings. The van der Waals surface area contributed by atoms with Crippen LogP contribution in [-0.4, -0.2) is 4.57 Å². The molecule has 1 nitrogen and oxygen atoms in total. The van der Waals surface area contributed by atoms with Gasteiger partial charge in [-0.15, -0.1) is 0 Å². The summed E-state index contributed by atoms with van der Waals surface area (Å²) < 4.78 is 2.46. The first-order valence-corrected chi connectivity index (χ1v) is 16.1. The molecular formula is C45H33N. The molecule has 1 heteroatoms. The van der Waals surface area contributed by atoms with Gasteiger partial charge in [0.2, 0.25) is 0 Å². The van der Waals surface area contributed by atoms with Gasteiger partial charge in [0.15, 0.2) is 0 Å². The van der Waals surface area contributed by atoms with Crippen molar-refractivity contribution in [2.75, 3.05) is 0 Å². The van der Waals surface area contributed by atoms with Crippen LogP contribution in [0.4, 0.5) is 0 Å². The first-order valence-electron chi connectivity index (χ1n) is 16.1. The highest BCUT2D eigenvalue weighted by molar-refractivity contribution is 6.10. The Hall–Kier alpha value is -5.66. The van der Waals surface area contributed by atoms with Crippen LogP contribution >= 0.6 is 0 Å². The zero-order valence-electron chi connectivity index (χ0n) is 26.0. The normalized spacial score (nSPS) is 13.2. The fraction of sp³-hybridized carbons (Fsp3) is 0.0667. The van der Waals surface area contributed by atoms with E-state index in [1.807, 2.05) is 0 Å². The predicted octanol–water partition coefficient (Wildman–Crippen LogP) is 12.1. The van der Waals surface area contributed by atoms with Crippen molar-refractivity contribution in [1.29, 1.82) is 0 Å². The number of para-hydroxylation sites is 1. The number of benzene rings is 7. The van der Waals surface area contributed by atoms with Gasteiger partial charge in [0.05, 0.1) is 11.0 Å². The summed E-state index contributed by atoms with van der Waals surface area (Å²) in [6.45, 7) is 4.68. The molecule has 9 rings (SSSR count). The van der Waals surface area contributed by atoms with Gasteiger partial charge in [-0.3, -0.25) is 0 Å². The van der Waals surface area contributed by atoms with Crippen LogP contribution in [0.2, 0.25) is 0 Å². The standard InChI is InChI=1S/C45H33N/c1-45(2)41-19-11-9-17-37(41)40-28-32(22-24-42(40)45)33-21-23-39-38-18-10-12-20-43(38)46(44(39)29-33)36-26-34(30-13-5-3-6-14-30)25-35(27-36)31-15-7-4-8-16-31/h3-29H,1-2H3. The summed E-state index contributed by atoms with van der Waals surface area (Å²) in [5.41, 5.74) is 16.4. The minimum absolute atomic E-state index is 0.00106. The van der Waals surface area contributed by atoms with Crippen LogP contribution in [0.15, 0.2) is 164 Å². The number of nitrogens with zero attached hydrogens (tertiary/aromatic N) is 1. The molecule has 1 aliphatic carbocycles. The molecule has 0 fully saturated rings.